The molecule has 0 aliphatic carbocycles. The zero-order valence-corrected chi connectivity index (χ0v) is 7.48. The maximum atomic E-state index is 11.4. The Bertz CT molecular complexity index is 210. The maximum Gasteiger partial charge on any atom is 0.238 e. The first-order valence-electron chi connectivity index (χ1n) is 4.38. The molecule has 70 valence electrons. The van der Waals surface area contributed by atoms with Crippen molar-refractivity contribution in [2.45, 2.75) is 18.8 Å². The molecule has 5 heteroatoms. The summed E-state index contributed by atoms with van der Waals surface area (Å²) < 4.78 is 0. The maximum absolute atomic E-state index is 11.4. The second kappa shape index (κ2) is 4.41. The van der Waals surface area contributed by atoms with E-state index in [1.165, 1.54) is 0 Å². The highest BCUT2D eigenvalue weighted by molar-refractivity contribution is 6.11. The Labute approximate surface area is 78.9 Å². The molecule has 1 aliphatic rings. The van der Waals surface area contributed by atoms with E-state index < -0.39 is 6.04 Å². The second-order valence-electron chi connectivity index (χ2n) is 3.31. The van der Waals surface area contributed by atoms with Crippen molar-refractivity contribution < 1.29 is 9.59 Å². The fourth-order valence-electron chi connectivity index (χ4n) is 1.43. The first kappa shape index (κ1) is 10.2. The fourth-order valence-corrected chi connectivity index (χ4v) is 1.43. The summed E-state index contributed by atoms with van der Waals surface area (Å²) >= 11 is 0. The summed E-state index contributed by atoms with van der Waals surface area (Å²) in [5.41, 5.74) is 5.48. The quantitative estimate of drug-likeness (QED) is 0.445. The van der Waals surface area contributed by atoms with E-state index in [9.17, 15) is 9.59 Å². The predicted molar refractivity (Wildman–Crippen MR) is 49.3 cm³/mol. The van der Waals surface area contributed by atoms with Crippen LogP contribution < -0.4 is 5.73 Å². The molecule has 2 radical (unpaired) electrons. The molecule has 1 fully saturated rings. The number of rotatable bonds is 3. The number of amides is 1. The average Bonchev–Trinajstić information content (AvgIpc) is 2.63. The first-order chi connectivity index (χ1) is 6.19. The van der Waals surface area contributed by atoms with E-state index in [1.807, 2.05) is 0 Å². The minimum atomic E-state index is -0.620. The number of aldehydes is 1. The predicted octanol–water partition coefficient (Wildman–Crippen LogP) is -1.05. The van der Waals surface area contributed by atoms with Gasteiger partial charge < -0.3 is 15.4 Å². The minimum absolute atomic E-state index is 0.0195. The molecule has 4 nitrogen and oxygen atoms in total. The Morgan fingerprint density at radius 2 is 2.46 bits per heavy atom. The summed E-state index contributed by atoms with van der Waals surface area (Å²) in [6.45, 7) is 1.12. The Morgan fingerprint density at radius 3 is 2.92 bits per heavy atom. The van der Waals surface area contributed by atoms with E-state index in [2.05, 4.69) is 0 Å². The van der Waals surface area contributed by atoms with Gasteiger partial charge in [0, 0.05) is 19.0 Å². The molecular weight excluding hydrogens is 167 g/mol. The Balaban J connectivity index is 2.46. The number of carbonyl (C=O) groups is 2. The molecule has 0 aromatic heterocycles. The summed E-state index contributed by atoms with van der Waals surface area (Å²) in [5.74, 6) is -0.166. The molecule has 0 aromatic rings. The second-order valence-corrected chi connectivity index (χ2v) is 3.31. The summed E-state index contributed by atoms with van der Waals surface area (Å²) in [7, 11) is 5.27. The van der Waals surface area contributed by atoms with E-state index in [0.717, 1.165) is 12.7 Å². The summed E-state index contributed by atoms with van der Waals surface area (Å²) in [6, 6.07) is -0.620. The molecule has 0 spiro atoms. The summed E-state index contributed by atoms with van der Waals surface area (Å²) in [4.78, 5) is 23.5. The van der Waals surface area contributed by atoms with Gasteiger partial charge in [-0.1, -0.05) is 6.32 Å². The number of likely N-dealkylation sites (tertiary alicyclic amines) is 1. The molecule has 2 N–H and O–H groups in total. The standard InChI is InChI=1S/C8H13BN2O2/c9-3-7(10)8(13)11-2-1-6(4-11)5-12/h5-7H,1-4,10H2. The van der Waals surface area contributed by atoms with Gasteiger partial charge in [-0.25, -0.2) is 0 Å². The van der Waals surface area contributed by atoms with Crippen molar-refractivity contribution in [3.05, 3.63) is 0 Å². The van der Waals surface area contributed by atoms with E-state index in [1.54, 1.807) is 4.90 Å². The molecule has 0 saturated carbocycles. The van der Waals surface area contributed by atoms with E-state index >= 15 is 0 Å². The van der Waals surface area contributed by atoms with Gasteiger partial charge in [0.15, 0.2) is 0 Å². The van der Waals surface area contributed by atoms with Gasteiger partial charge >= 0.3 is 0 Å². The smallest absolute Gasteiger partial charge is 0.238 e. The summed E-state index contributed by atoms with van der Waals surface area (Å²) in [6.07, 6.45) is 1.79. The van der Waals surface area contributed by atoms with Crippen molar-refractivity contribution in [2.75, 3.05) is 13.1 Å². The average molecular weight is 180 g/mol. The molecule has 1 aliphatic heterocycles. The number of carbonyl (C=O) groups excluding carboxylic acids is 2. The third kappa shape index (κ3) is 2.31. The van der Waals surface area contributed by atoms with Crippen molar-refractivity contribution in [1.82, 2.24) is 4.90 Å². The van der Waals surface area contributed by atoms with Crippen LogP contribution in [0, 0.1) is 5.92 Å². The molecule has 0 aromatic carbocycles. The first-order valence-corrected chi connectivity index (χ1v) is 4.38. The summed E-state index contributed by atoms with van der Waals surface area (Å²) in [5, 5.41) is 0. The highest BCUT2D eigenvalue weighted by Crippen LogP contribution is 2.14. The van der Waals surface area contributed by atoms with Crippen molar-refractivity contribution in [3.8, 4) is 0 Å². The monoisotopic (exact) mass is 180 g/mol. The Hall–Kier alpha value is -0.835. The molecule has 2 unspecified atom stereocenters. The van der Waals surface area contributed by atoms with Crippen LogP contribution in [0.3, 0.4) is 0 Å². The van der Waals surface area contributed by atoms with E-state index in [0.29, 0.717) is 13.1 Å². The zero-order chi connectivity index (χ0) is 9.84. The third-order valence-corrected chi connectivity index (χ3v) is 2.30. The van der Waals surface area contributed by atoms with Gasteiger partial charge in [-0.15, -0.1) is 0 Å². The van der Waals surface area contributed by atoms with Crippen LogP contribution in [0.15, 0.2) is 0 Å². The molecule has 1 amide bonds. The lowest BCUT2D eigenvalue weighted by Crippen LogP contribution is -2.42. The van der Waals surface area contributed by atoms with Crippen LogP contribution in [0.1, 0.15) is 6.42 Å². The Morgan fingerprint density at radius 1 is 1.77 bits per heavy atom. The topological polar surface area (TPSA) is 63.4 Å². The van der Waals surface area contributed by atoms with Crippen molar-refractivity contribution in [2.24, 2.45) is 11.7 Å². The molecule has 1 heterocycles. The van der Waals surface area contributed by atoms with Crippen molar-refractivity contribution in [1.29, 1.82) is 0 Å². The highest BCUT2D eigenvalue weighted by Gasteiger charge is 2.27. The lowest BCUT2D eigenvalue weighted by molar-refractivity contribution is -0.131. The van der Waals surface area contributed by atoms with Crippen LogP contribution in [0.4, 0.5) is 0 Å². The highest BCUT2D eigenvalue weighted by atomic mass is 16.2. The number of hydrogen-bond acceptors (Lipinski definition) is 3. The van der Waals surface area contributed by atoms with Gasteiger partial charge in [0.2, 0.25) is 5.91 Å². The number of nitrogens with two attached hydrogens (primary N) is 1. The van der Waals surface area contributed by atoms with Crippen LogP contribution in [-0.4, -0.2) is 44.1 Å². The van der Waals surface area contributed by atoms with E-state index in [4.69, 9.17) is 13.6 Å². The van der Waals surface area contributed by atoms with Crippen LogP contribution in [0.25, 0.3) is 0 Å². The molecule has 1 saturated heterocycles. The lowest BCUT2D eigenvalue weighted by Gasteiger charge is -2.19. The zero-order valence-electron chi connectivity index (χ0n) is 7.48. The van der Waals surface area contributed by atoms with Gasteiger partial charge in [0.05, 0.1) is 13.9 Å². The van der Waals surface area contributed by atoms with Gasteiger partial charge in [0.25, 0.3) is 0 Å². The minimum Gasteiger partial charge on any atom is -0.341 e. The molecule has 13 heavy (non-hydrogen) atoms. The van der Waals surface area contributed by atoms with Gasteiger partial charge in [-0.3, -0.25) is 4.79 Å². The Kier molecular flexibility index (Phi) is 3.48. The SMILES string of the molecule is [B]CC(N)C(=O)N1CCC(C=O)C1. The molecule has 2 atom stereocenters. The van der Waals surface area contributed by atoms with Crippen LogP contribution in [-0.2, 0) is 9.59 Å². The fraction of sp³-hybridized carbons (Fsp3) is 0.750. The van der Waals surface area contributed by atoms with Gasteiger partial charge in [-0.05, 0) is 6.42 Å². The van der Waals surface area contributed by atoms with Crippen molar-refractivity contribution >= 4 is 20.0 Å². The number of nitrogens with zero attached hydrogens (tertiary/aromatic N) is 1. The van der Waals surface area contributed by atoms with E-state index in [-0.39, 0.29) is 18.1 Å². The largest absolute Gasteiger partial charge is 0.341 e. The number of hydrogen-bond donors (Lipinski definition) is 1. The van der Waals surface area contributed by atoms with Crippen LogP contribution in [0.2, 0.25) is 6.32 Å². The third-order valence-electron chi connectivity index (χ3n) is 2.30. The van der Waals surface area contributed by atoms with Gasteiger partial charge in [-0.2, -0.15) is 0 Å². The van der Waals surface area contributed by atoms with Gasteiger partial charge in [0.1, 0.15) is 6.29 Å². The molecular formula is C8H13BN2O2. The lowest BCUT2D eigenvalue weighted by atomic mass is 9.97. The molecule has 0 bridgehead atoms. The van der Waals surface area contributed by atoms with Crippen molar-refractivity contribution in [3.63, 3.8) is 0 Å². The van der Waals surface area contributed by atoms with Crippen LogP contribution in [0.5, 0.6) is 0 Å². The van der Waals surface area contributed by atoms with Crippen LogP contribution >= 0.6 is 0 Å². The normalized spacial score (nSPS) is 24.4. The molecule has 1 rings (SSSR count).